The number of carboxylic acids is 1. The summed E-state index contributed by atoms with van der Waals surface area (Å²) in [5, 5.41) is 18.4. The predicted octanol–water partition coefficient (Wildman–Crippen LogP) is 14.1. The van der Waals surface area contributed by atoms with E-state index in [1.807, 2.05) is 12.1 Å². The van der Waals surface area contributed by atoms with E-state index >= 15 is 0 Å². The van der Waals surface area contributed by atoms with Gasteiger partial charge in [-0.25, -0.2) is 4.79 Å². The fourth-order valence-corrected chi connectivity index (χ4v) is 8.66. The first-order chi connectivity index (χ1) is 29.4. The third kappa shape index (κ3) is 10.3. The number of aliphatic carboxylic acids is 1. The highest BCUT2D eigenvalue weighted by Gasteiger charge is 2.17. The molecule has 2 aromatic heterocycles. The Labute approximate surface area is 360 Å². The van der Waals surface area contributed by atoms with Gasteiger partial charge in [0.1, 0.15) is 34.2 Å². The van der Waals surface area contributed by atoms with E-state index in [1.165, 1.54) is 56.3 Å². The maximum Gasteiger partial charge on any atom is 0.346 e. The average molecular weight is 833 g/mol. The van der Waals surface area contributed by atoms with Gasteiger partial charge in [-0.1, -0.05) is 101 Å². The molecule has 0 atom stereocenters. The molecule has 0 unspecified atom stereocenters. The van der Waals surface area contributed by atoms with E-state index in [4.69, 9.17) is 19.1 Å². The molecule has 0 aliphatic rings. The lowest BCUT2D eigenvalue weighted by Crippen LogP contribution is -2.10. The molecule has 0 saturated carbocycles. The zero-order valence-corrected chi connectivity index (χ0v) is 35.6. The Hall–Kier alpha value is -6.28. The molecule has 0 aliphatic heterocycles. The first kappa shape index (κ1) is 41.9. The van der Waals surface area contributed by atoms with Crippen molar-refractivity contribution in [3.63, 3.8) is 0 Å². The van der Waals surface area contributed by atoms with Crippen LogP contribution in [0.1, 0.15) is 70.8 Å². The van der Waals surface area contributed by atoms with Crippen LogP contribution in [-0.2, 0) is 4.79 Å². The molecule has 0 aliphatic carbocycles. The molecule has 5 aromatic carbocycles. The number of carboxylic acid groups (broad SMARTS) is 1. The van der Waals surface area contributed by atoms with Crippen LogP contribution in [0.4, 0.5) is 17.1 Å². The SMILES string of the molecule is CCCCCCOc1ccc(N(c2ccc(OCCCCCC)cc2)c2ccc(-c3ccc(-c4ccc(-c5ccc(/C=C(/C#N)C(=O)O)cc5)c5nsnc45)s3)cc2)cc1. The first-order valence-corrected chi connectivity index (χ1v) is 22.2. The van der Waals surface area contributed by atoms with Crippen LogP contribution < -0.4 is 14.4 Å². The smallest absolute Gasteiger partial charge is 0.346 e. The van der Waals surface area contributed by atoms with Gasteiger partial charge in [0.05, 0.1) is 24.9 Å². The van der Waals surface area contributed by atoms with Crippen LogP contribution in [-0.4, -0.2) is 33.0 Å². The molecule has 0 amide bonds. The lowest BCUT2D eigenvalue weighted by Gasteiger charge is -2.26. The van der Waals surface area contributed by atoms with Crippen molar-refractivity contribution in [1.29, 1.82) is 5.26 Å². The zero-order valence-electron chi connectivity index (χ0n) is 34.0. The van der Waals surface area contributed by atoms with Gasteiger partial charge in [0.2, 0.25) is 0 Å². The first-order valence-electron chi connectivity index (χ1n) is 20.6. The molecule has 304 valence electrons. The van der Waals surface area contributed by atoms with Gasteiger partial charge in [-0.05, 0) is 108 Å². The van der Waals surface area contributed by atoms with Gasteiger partial charge in [0.15, 0.2) is 0 Å². The number of hydrogen-bond acceptors (Lipinski definition) is 9. The molecular weight excluding hydrogens is 785 g/mol. The number of rotatable bonds is 20. The topological polar surface area (TPSA) is 109 Å². The lowest BCUT2D eigenvalue weighted by atomic mass is 9.99. The van der Waals surface area contributed by atoms with E-state index in [0.717, 1.165) is 97.7 Å². The molecular formula is C50H48N4O4S2. The number of anilines is 3. The van der Waals surface area contributed by atoms with Crippen LogP contribution in [0, 0.1) is 11.3 Å². The number of aromatic nitrogens is 2. The second kappa shape index (κ2) is 20.6. The second-order valence-corrected chi connectivity index (χ2v) is 16.2. The molecule has 7 rings (SSSR count). The highest BCUT2D eigenvalue weighted by Crippen LogP contribution is 2.42. The molecule has 0 radical (unpaired) electrons. The Morgan fingerprint density at radius 2 is 1.13 bits per heavy atom. The molecule has 8 nitrogen and oxygen atoms in total. The summed E-state index contributed by atoms with van der Waals surface area (Å²) in [6, 6.07) is 43.0. The molecule has 0 fully saturated rings. The van der Waals surface area contributed by atoms with Crippen molar-refractivity contribution >= 4 is 63.2 Å². The van der Waals surface area contributed by atoms with Crippen LogP contribution in [0.3, 0.4) is 0 Å². The summed E-state index contributed by atoms with van der Waals surface area (Å²) >= 11 is 2.90. The number of unbranched alkanes of at least 4 members (excludes halogenated alkanes) is 6. The maximum atomic E-state index is 11.3. The molecule has 1 N–H and O–H groups in total. The fourth-order valence-electron chi connectivity index (χ4n) is 7.05. The second-order valence-electron chi connectivity index (χ2n) is 14.6. The minimum Gasteiger partial charge on any atom is -0.494 e. The van der Waals surface area contributed by atoms with E-state index in [9.17, 15) is 9.90 Å². The molecule has 7 aromatic rings. The van der Waals surface area contributed by atoms with Crippen molar-refractivity contribution in [2.45, 2.75) is 65.2 Å². The van der Waals surface area contributed by atoms with Crippen molar-refractivity contribution in [3.8, 4) is 49.6 Å². The normalized spacial score (nSPS) is 11.4. The largest absolute Gasteiger partial charge is 0.494 e. The average Bonchev–Trinajstić information content (AvgIpc) is 3.98. The van der Waals surface area contributed by atoms with Crippen molar-refractivity contribution in [1.82, 2.24) is 8.75 Å². The van der Waals surface area contributed by atoms with E-state index in [2.05, 4.69) is 120 Å². The highest BCUT2D eigenvalue weighted by atomic mass is 32.1. The molecule has 10 heteroatoms. The number of nitriles is 1. The van der Waals surface area contributed by atoms with Crippen molar-refractivity contribution in [2.24, 2.45) is 0 Å². The van der Waals surface area contributed by atoms with Crippen molar-refractivity contribution in [3.05, 3.63) is 132 Å². The molecule has 60 heavy (non-hydrogen) atoms. The Morgan fingerprint density at radius 3 is 1.67 bits per heavy atom. The minimum absolute atomic E-state index is 0.313. The Bertz CT molecular complexity index is 2500. The van der Waals surface area contributed by atoms with Crippen LogP contribution >= 0.6 is 23.1 Å². The number of benzene rings is 5. The monoisotopic (exact) mass is 832 g/mol. The van der Waals surface area contributed by atoms with E-state index in [1.54, 1.807) is 29.5 Å². The van der Waals surface area contributed by atoms with Gasteiger partial charge in [-0.3, -0.25) is 0 Å². The number of hydrogen-bond donors (Lipinski definition) is 1. The molecule has 0 bridgehead atoms. The molecule has 2 heterocycles. The fraction of sp³-hybridized carbons (Fsp3) is 0.240. The summed E-state index contributed by atoms with van der Waals surface area (Å²) in [4.78, 5) is 15.8. The zero-order chi connectivity index (χ0) is 41.7. The number of fused-ring (bicyclic) bond motifs is 1. The van der Waals surface area contributed by atoms with E-state index < -0.39 is 5.97 Å². The quantitative estimate of drug-likeness (QED) is 0.0459. The Kier molecular flexibility index (Phi) is 14.4. The van der Waals surface area contributed by atoms with E-state index in [0.29, 0.717) is 5.56 Å². The Balaban J connectivity index is 1.11. The molecule has 0 saturated heterocycles. The van der Waals surface area contributed by atoms with Crippen LogP contribution in [0.2, 0.25) is 0 Å². The van der Waals surface area contributed by atoms with Gasteiger partial charge < -0.3 is 19.5 Å². The maximum absolute atomic E-state index is 11.3. The summed E-state index contributed by atoms with van der Waals surface area (Å²) in [5.41, 5.74) is 9.07. The van der Waals surface area contributed by atoms with Crippen LogP contribution in [0.5, 0.6) is 11.5 Å². The summed E-state index contributed by atoms with van der Waals surface area (Å²) < 4.78 is 21.5. The van der Waals surface area contributed by atoms with Gasteiger partial charge >= 0.3 is 5.97 Å². The van der Waals surface area contributed by atoms with Crippen molar-refractivity contribution < 1.29 is 19.4 Å². The minimum atomic E-state index is -1.25. The van der Waals surface area contributed by atoms with E-state index in [-0.39, 0.29) is 5.57 Å². The van der Waals surface area contributed by atoms with Crippen LogP contribution in [0.15, 0.2) is 127 Å². The standard InChI is InChI=1S/C50H48N4O4S2/c1-3-5-7-9-31-57-42-23-19-40(20-24-42)54(41-21-25-43(26-22-41)58-32-10-8-6-4-2)39-17-15-37(16-18-39)46-29-30-47(59-46)45-28-27-44(48-49(45)53-60-52-48)36-13-11-35(12-14-36)33-38(34-51)50(55)56/h11-30,33H,3-10,31-32H2,1-2H3,(H,55,56)/b38-33-. The molecule has 0 spiro atoms. The van der Waals surface area contributed by atoms with Gasteiger partial charge in [0, 0.05) is 37.9 Å². The number of thiophene rings is 1. The van der Waals surface area contributed by atoms with Gasteiger partial charge in [0.25, 0.3) is 0 Å². The lowest BCUT2D eigenvalue weighted by molar-refractivity contribution is -0.132. The highest BCUT2D eigenvalue weighted by molar-refractivity contribution is 7.19. The van der Waals surface area contributed by atoms with Crippen molar-refractivity contribution in [2.75, 3.05) is 18.1 Å². The summed E-state index contributed by atoms with van der Waals surface area (Å²) in [7, 11) is 0. The Morgan fingerprint density at radius 1 is 0.633 bits per heavy atom. The summed E-state index contributed by atoms with van der Waals surface area (Å²) in [6.07, 6.45) is 10.7. The third-order valence-corrected chi connectivity index (χ3v) is 12.0. The summed E-state index contributed by atoms with van der Waals surface area (Å²) in [6.45, 7) is 5.89. The van der Waals surface area contributed by atoms with Gasteiger partial charge in [-0.2, -0.15) is 14.0 Å². The number of ether oxygens (including phenoxy) is 2. The third-order valence-electron chi connectivity index (χ3n) is 10.3. The number of nitrogens with zero attached hydrogens (tertiary/aromatic N) is 4. The van der Waals surface area contributed by atoms with Crippen LogP contribution in [0.25, 0.3) is 49.1 Å². The predicted molar refractivity (Wildman–Crippen MR) is 247 cm³/mol. The summed E-state index contributed by atoms with van der Waals surface area (Å²) in [5.74, 6) is 0.506. The van der Waals surface area contributed by atoms with Gasteiger partial charge in [-0.15, -0.1) is 11.3 Å². The number of carbonyl (C=O) groups is 1.